The summed E-state index contributed by atoms with van der Waals surface area (Å²) < 4.78 is 13.1. The molecule has 0 saturated heterocycles. The third-order valence-corrected chi connectivity index (χ3v) is 3.97. The fraction of sp³-hybridized carbons (Fsp3) is 0.368. The lowest BCUT2D eigenvalue weighted by Gasteiger charge is -2.21. The van der Waals surface area contributed by atoms with Crippen LogP contribution in [-0.2, 0) is 6.42 Å². The van der Waals surface area contributed by atoms with Gasteiger partial charge < -0.3 is 5.32 Å². The van der Waals surface area contributed by atoms with E-state index in [4.69, 9.17) is 0 Å². The number of benzene rings is 2. The molecular formula is C19H24FN. The Morgan fingerprint density at radius 3 is 2.10 bits per heavy atom. The zero-order valence-corrected chi connectivity index (χ0v) is 13.3. The van der Waals surface area contributed by atoms with Gasteiger partial charge in [0.1, 0.15) is 5.82 Å². The lowest BCUT2D eigenvalue weighted by Crippen LogP contribution is -2.23. The smallest absolute Gasteiger partial charge is 0.123 e. The van der Waals surface area contributed by atoms with Crippen LogP contribution in [0.2, 0.25) is 0 Å². The minimum Gasteiger partial charge on any atom is -0.310 e. The lowest BCUT2D eigenvalue weighted by atomic mass is 9.91. The van der Waals surface area contributed by atoms with Gasteiger partial charge >= 0.3 is 0 Å². The number of halogens is 1. The van der Waals surface area contributed by atoms with Crippen LogP contribution in [0.4, 0.5) is 4.39 Å². The maximum atomic E-state index is 13.1. The van der Waals surface area contributed by atoms with E-state index in [1.54, 1.807) is 0 Å². The van der Waals surface area contributed by atoms with Crippen molar-refractivity contribution in [1.29, 1.82) is 0 Å². The van der Waals surface area contributed by atoms with E-state index in [0.717, 1.165) is 18.5 Å². The first-order chi connectivity index (χ1) is 10.0. The van der Waals surface area contributed by atoms with Gasteiger partial charge in [-0.05, 0) is 68.1 Å². The van der Waals surface area contributed by atoms with Gasteiger partial charge in [0.25, 0.3) is 0 Å². The first kappa shape index (κ1) is 15.7. The van der Waals surface area contributed by atoms with Crippen molar-refractivity contribution in [2.75, 3.05) is 6.54 Å². The first-order valence-electron chi connectivity index (χ1n) is 7.56. The summed E-state index contributed by atoms with van der Waals surface area (Å²) in [6.45, 7) is 9.47. The Bertz CT molecular complexity index is 578. The number of nitrogens with one attached hydrogen (secondary N) is 1. The largest absolute Gasteiger partial charge is 0.310 e. The molecule has 2 heteroatoms. The molecule has 0 fully saturated rings. The Hall–Kier alpha value is -1.67. The molecule has 0 amide bonds. The van der Waals surface area contributed by atoms with Crippen molar-refractivity contribution in [1.82, 2.24) is 5.32 Å². The van der Waals surface area contributed by atoms with Crippen LogP contribution in [0.15, 0.2) is 36.4 Å². The van der Waals surface area contributed by atoms with Gasteiger partial charge in [-0.25, -0.2) is 4.39 Å². The standard InChI is InChI=1S/C19H24FN/c1-5-21-19(16-6-8-17(20)9-7-16)12-18-14(3)10-13(2)11-15(18)4/h6-11,19,21H,5,12H2,1-4H3. The normalized spacial score (nSPS) is 12.4. The molecule has 1 atom stereocenters. The Labute approximate surface area is 127 Å². The van der Waals surface area contributed by atoms with Gasteiger partial charge in [0, 0.05) is 6.04 Å². The molecule has 1 unspecified atom stereocenters. The zero-order chi connectivity index (χ0) is 15.4. The highest BCUT2D eigenvalue weighted by Gasteiger charge is 2.14. The lowest BCUT2D eigenvalue weighted by molar-refractivity contribution is 0.545. The number of aryl methyl sites for hydroxylation is 3. The molecule has 2 aromatic rings. The van der Waals surface area contributed by atoms with Crippen LogP contribution in [0.25, 0.3) is 0 Å². The number of hydrogen-bond acceptors (Lipinski definition) is 1. The molecule has 0 aliphatic carbocycles. The van der Waals surface area contributed by atoms with E-state index in [0.29, 0.717) is 0 Å². The molecular weight excluding hydrogens is 261 g/mol. The Morgan fingerprint density at radius 2 is 1.57 bits per heavy atom. The second-order valence-electron chi connectivity index (χ2n) is 5.74. The van der Waals surface area contributed by atoms with Crippen molar-refractivity contribution in [3.8, 4) is 0 Å². The molecule has 0 aliphatic heterocycles. The van der Waals surface area contributed by atoms with Crippen molar-refractivity contribution in [3.63, 3.8) is 0 Å². The average Bonchev–Trinajstić information content (AvgIpc) is 2.42. The topological polar surface area (TPSA) is 12.0 Å². The summed E-state index contributed by atoms with van der Waals surface area (Å²) in [7, 11) is 0. The third-order valence-electron chi connectivity index (χ3n) is 3.97. The number of hydrogen-bond donors (Lipinski definition) is 1. The van der Waals surface area contributed by atoms with E-state index >= 15 is 0 Å². The highest BCUT2D eigenvalue weighted by atomic mass is 19.1. The molecule has 0 aromatic heterocycles. The van der Waals surface area contributed by atoms with Gasteiger partial charge in [-0.3, -0.25) is 0 Å². The van der Waals surface area contributed by atoms with E-state index in [1.807, 2.05) is 12.1 Å². The molecule has 0 saturated carbocycles. The summed E-state index contributed by atoms with van der Waals surface area (Å²) in [5.74, 6) is -0.184. The molecule has 0 radical (unpaired) electrons. The Morgan fingerprint density at radius 1 is 1.00 bits per heavy atom. The first-order valence-corrected chi connectivity index (χ1v) is 7.56. The molecule has 2 aromatic carbocycles. The summed E-state index contributed by atoms with van der Waals surface area (Å²) in [6.07, 6.45) is 0.928. The van der Waals surface area contributed by atoms with Crippen molar-refractivity contribution < 1.29 is 4.39 Å². The van der Waals surface area contributed by atoms with Gasteiger partial charge in [-0.1, -0.05) is 36.8 Å². The SMILES string of the molecule is CCNC(Cc1c(C)cc(C)cc1C)c1ccc(F)cc1. The van der Waals surface area contributed by atoms with Gasteiger partial charge in [0.15, 0.2) is 0 Å². The van der Waals surface area contributed by atoms with Crippen LogP contribution < -0.4 is 5.32 Å². The second kappa shape index (κ2) is 6.86. The molecule has 112 valence electrons. The van der Waals surface area contributed by atoms with Gasteiger partial charge in [-0.15, -0.1) is 0 Å². The van der Waals surface area contributed by atoms with Crippen LogP contribution in [0, 0.1) is 26.6 Å². The van der Waals surface area contributed by atoms with Crippen LogP contribution >= 0.6 is 0 Å². The van der Waals surface area contributed by atoms with E-state index in [-0.39, 0.29) is 11.9 Å². The van der Waals surface area contributed by atoms with Gasteiger partial charge in [-0.2, -0.15) is 0 Å². The summed E-state index contributed by atoms with van der Waals surface area (Å²) in [4.78, 5) is 0. The molecule has 1 N–H and O–H groups in total. The van der Waals surface area contributed by atoms with Gasteiger partial charge in [0.05, 0.1) is 0 Å². The molecule has 0 spiro atoms. The van der Waals surface area contributed by atoms with Crippen LogP contribution in [-0.4, -0.2) is 6.54 Å². The summed E-state index contributed by atoms with van der Waals surface area (Å²) in [6, 6.07) is 11.5. The zero-order valence-electron chi connectivity index (χ0n) is 13.3. The fourth-order valence-electron chi connectivity index (χ4n) is 2.99. The molecule has 1 nitrogen and oxygen atoms in total. The molecule has 0 bridgehead atoms. The molecule has 2 rings (SSSR count). The van der Waals surface area contributed by atoms with Crippen LogP contribution in [0.5, 0.6) is 0 Å². The van der Waals surface area contributed by atoms with Gasteiger partial charge in [0.2, 0.25) is 0 Å². The summed E-state index contributed by atoms with van der Waals surface area (Å²) >= 11 is 0. The second-order valence-corrected chi connectivity index (χ2v) is 5.74. The van der Waals surface area contributed by atoms with Crippen molar-refractivity contribution >= 4 is 0 Å². The van der Waals surface area contributed by atoms with Crippen molar-refractivity contribution in [3.05, 3.63) is 70.0 Å². The van der Waals surface area contributed by atoms with Crippen LogP contribution in [0.3, 0.4) is 0 Å². The third kappa shape index (κ3) is 3.92. The summed E-state index contributed by atoms with van der Waals surface area (Å²) in [5.41, 5.74) is 6.49. The predicted molar refractivity (Wildman–Crippen MR) is 87.2 cm³/mol. The van der Waals surface area contributed by atoms with Crippen LogP contribution in [0.1, 0.15) is 40.8 Å². The number of likely N-dealkylation sites (N-methyl/N-ethyl adjacent to an activating group) is 1. The maximum Gasteiger partial charge on any atom is 0.123 e. The van der Waals surface area contributed by atoms with Crippen molar-refractivity contribution in [2.45, 2.75) is 40.2 Å². The summed E-state index contributed by atoms with van der Waals surface area (Å²) in [5, 5.41) is 3.51. The highest BCUT2D eigenvalue weighted by molar-refractivity contribution is 5.39. The van der Waals surface area contributed by atoms with E-state index in [9.17, 15) is 4.39 Å². The molecule has 21 heavy (non-hydrogen) atoms. The Kier molecular flexibility index (Phi) is 5.13. The maximum absolute atomic E-state index is 13.1. The number of rotatable bonds is 5. The average molecular weight is 285 g/mol. The van der Waals surface area contributed by atoms with E-state index in [2.05, 4.69) is 45.1 Å². The van der Waals surface area contributed by atoms with E-state index in [1.165, 1.54) is 34.4 Å². The Balaban J connectivity index is 2.30. The quantitative estimate of drug-likeness (QED) is 0.843. The van der Waals surface area contributed by atoms with E-state index < -0.39 is 0 Å². The minimum absolute atomic E-state index is 0.184. The predicted octanol–water partition coefficient (Wildman–Crippen LogP) is 4.64. The molecule has 0 aliphatic rings. The molecule has 0 heterocycles. The van der Waals surface area contributed by atoms with Crippen molar-refractivity contribution in [2.24, 2.45) is 0 Å². The monoisotopic (exact) mass is 285 g/mol. The fourth-order valence-corrected chi connectivity index (χ4v) is 2.99. The highest BCUT2D eigenvalue weighted by Crippen LogP contribution is 2.24. The minimum atomic E-state index is -0.184.